The van der Waals surface area contributed by atoms with Crippen molar-refractivity contribution in [2.75, 3.05) is 0 Å². The van der Waals surface area contributed by atoms with Crippen molar-refractivity contribution >= 4 is 19.3 Å². The van der Waals surface area contributed by atoms with Gasteiger partial charge in [0.05, 0.1) is 0 Å². The maximum absolute atomic E-state index is 10.9. The van der Waals surface area contributed by atoms with Crippen LogP contribution in [0.15, 0.2) is 24.3 Å². The molecule has 0 heterocycles. The Morgan fingerprint density at radius 1 is 1.33 bits per heavy atom. The topological polar surface area (TPSA) is 74.6 Å². The zero-order valence-corrected chi connectivity index (χ0v) is 12.1. The Morgan fingerprint density at radius 3 is 2.47 bits per heavy atom. The zero-order valence-electron chi connectivity index (χ0n) is 8.14. The molecular weight excluding hydrogens is 268 g/mol. The van der Waals surface area contributed by atoms with Gasteiger partial charge in [-0.1, -0.05) is 18.2 Å². The average Bonchev–Trinajstić information content (AvgIpc) is 2.15. The number of carbonyl (C=O) groups is 1. The summed E-state index contributed by atoms with van der Waals surface area (Å²) in [4.78, 5) is 19.3. The summed E-state index contributed by atoms with van der Waals surface area (Å²) in [6.07, 6.45) is 0.272. The van der Waals surface area contributed by atoms with Crippen molar-refractivity contribution in [1.82, 2.24) is 0 Å². The van der Waals surface area contributed by atoms with Gasteiger partial charge in [-0.3, -0.25) is 9.36 Å². The van der Waals surface area contributed by atoms with Gasteiger partial charge < -0.3 is 10.00 Å². The summed E-state index contributed by atoms with van der Waals surface area (Å²) in [6.45, 7) is 0. The van der Waals surface area contributed by atoms with Gasteiger partial charge in [0, 0.05) is 31.2 Å². The van der Waals surface area contributed by atoms with E-state index in [1.54, 1.807) is 24.3 Å². The smallest absolute Gasteiger partial charge is 0.303 e. The SMILES string of the molecule is O=C(O)CCc1ccccc1[PH](=O)O.[Zn]. The largest absolute Gasteiger partial charge is 0.481 e. The van der Waals surface area contributed by atoms with Gasteiger partial charge in [0.15, 0.2) is 0 Å². The van der Waals surface area contributed by atoms with Crippen LogP contribution >= 0.6 is 8.03 Å². The monoisotopic (exact) mass is 278 g/mol. The van der Waals surface area contributed by atoms with Crippen molar-refractivity contribution in [3.8, 4) is 0 Å². The molecule has 1 rings (SSSR count). The Hall–Kier alpha value is -0.497. The first-order valence-electron chi connectivity index (χ1n) is 4.14. The van der Waals surface area contributed by atoms with Crippen LogP contribution in [-0.4, -0.2) is 16.0 Å². The van der Waals surface area contributed by atoms with Crippen molar-refractivity contribution in [1.29, 1.82) is 0 Å². The van der Waals surface area contributed by atoms with Gasteiger partial charge in [-0.25, -0.2) is 0 Å². The molecule has 0 aliphatic rings. The molecule has 1 aromatic carbocycles. The number of rotatable bonds is 4. The summed E-state index contributed by atoms with van der Waals surface area (Å²) < 4.78 is 10.9. The van der Waals surface area contributed by atoms with E-state index in [0.29, 0.717) is 17.3 Å². The summed E-state index contributed by atoms with van der Waals surface area (Å²) >= 11 is 0. The Morgan fingerprint density at radius 2 is 1.93 bits per heavy atom. The summed E-state index contributed by atoms with van der Waals surface area (Å²) in [5.41, 5.74) is 0.640. The maximum atomic E-state index is 10.9. The van der Waals surface area contributed by atoms with Crippen molar-refractivity contribution in [3.05, 3.63) is 29.8 Å². The van der Waals surface area contributed by atoms with Crippen LogP contribution in [0.1, 0.15) is 12.0 Å². The fourth-order valence-electron chi connectivity index (χ4n) is 1.19. The van der Waals surface area contributed by atoms with Crippen LogP contribution < -0.4 is 5.30 Å². The molecule has 0 aliphatic heterocycles. The van der Waals surface area contributed by atoms with Crippen LogP contribution in [0.3, 0.4) is 0 Å². The van der Waals surface area contributed by atoms with E-state index in [1.807, 2.05) is 0 Å². The predicted molar refractivity (Wildman–Crippen MR) is 53.3 cm³/mol. The third kappa shape index (κ3) is 4.70. The number of aryl methyl sites for hydroxylation is 1. The molecule has 15 heavy (non-hydrogen) atoms. The van der Waals surface area contributed by atoms with Gasteiger partial charge in [0.2, 0.25) is 8.03 Å². The molecule has 1 aromatic rings. The third-order valence-electron chi connectivity index (χ3n) is 1.86. The fourth-order valence-corrected chi connectivity index (χ4v) is 1.91. The minimum Gasteiger partial charge on any atom is -0.481 e. The van der Waals surface area contributed by atoms with E-state index in [9.17, 15) is 9.36 Å². The molecule has 0 radical (unpaired) electrons. The second-order valence-electron chi connectivity index (χ2n) is 2.86. The Kier molecular flexibility index (Phi) is 6.66. The number of benzene rings is 1. The molecule has 1 atom stereocenters. The quantitative estimate of drug-likeness (QED) is 0.631. The van der Waals surface area contributed by atoms with E-state index >= 15 is 0 Å². The van der Waals surface area contributed by atoms with Crippen LogP contribution in [-0.2, 0) is 35.3 Å². The van der Waals surface area contributed by atoms with Crippen molar-refractivity contribution in [2.24, 2.45) is 0 Å². The summed E-state index contributed by atoms with van der Waals surface area (Å²) in [5.74, 6) is -0.905. The fraction of sp³-hybridized carbons (Fsp3) is 0.222. The first kappa shape index (κ1) is 14.5. The van der Waals surface area contributed by atoms with Gasteiger partial charge in [-0.2, -0.15) is 0 Å². The van der Waals surface area contributed by atoms with E-state index in [4.69, 9.17) is 10.00 Å². The van der Waals surface area contributed by atoms with Crippen molar-refractivity contribution < 1.29 is 38.8 Å². The van der Waals surface area contributed by atoms with E-state index in [-0.39, 0.29) is 25.9 Å². The van der Waals surface area contributed by atoms with Crippen LogP contribution in [0.5, 0.6) is 0 Å². The number of aliphatic carboxylic acids is 1. The van der Waals surface area contributed by atoms with E-state index in [1.165, 1.54) is 0 Å². The van der Waals surface area contributed by atoms with Crippen LogP contribution in [0.2, 0.25) is 0 Å². The van der Waals surface area contributed by atoms with E-state index < -0.39 is 14.0 Å². The predicted octanol–water partition coefficient (Wildman–Crippen LogP) is 0.794. The van der Waals surface area contributed by atoms with E-state index in [0.717, 1.165) is 0 Å². The Bertz CT molecular complexity index is 367. The first-order chi connectivity index (χ1) is 6.61. The third-order valence-corrected chi connectivity index (χ3v) is 2.80. The minimum absolute atomic E-state index is 0. The molecule has 0 aliphatic carbocycles. The number of hydrogen-bond donors (Lipinski definition) is 2. The molecule has 1 unspecified atom stereocenters. The molecular formula is C9H11O4PZn. The summed E-state index contributed by atoms with van der Waals surface area (Å²) in [6, 6.07) is 6.62. The molecule has 78 valence electrons. The van der Waals surface area contributed by atoms with E-state index in [2.05, 4.69) is 0 Å². The normalized spacial score (nSPS) is 11.5. The van der Waals surface area contributed by atoms with Gasteiger partial charge in [-0.15, -0.1) is 0 Å². The molecule has 0 fully saturated rings. The molecule has 6 heteroatoms. The summed E-state index contributed by atoms with van der Waals surface area (Å²) in [5, 5.41) is 8.83. The molecule has 0 bridgehead atoms. The number of carboxylic acid groups (broad SMARTS) is 1. The van der Waals surface area contributed by atoms with Gasteiger partial charge in [0.25, 0.3) is 0 Å². The van der Waals surface area contributed by atoms with Crippen LogP contribution in [0.25, 0.3) is 0 Å². The number of hydrogen-bond acceptors (Lipinski definition) is 2. The molecule has 0 amide bonds. The van der Waals surface area contributed by atoms with Crippen LogP contribution in [0.4, 0.5) is 0 Å². The minimum atomic E-state index is -2.73. The molecule has 4 nitrogen and oxygen atoms in total. The molecule has 2 N–H and O–H groups in total. The number of carboxylic acids is 1. The van der Waals surface area contributed by atoms with Gasteiger partial charge in [0.1, 0.15) is 0 Å². The average molecular weight is 280 g/mol. The van der Waals surface area contributed by atoms with Crippen molar-refractivity contribution in [2.45, 2.75) is 12.8 Å². The second-order valence-corrected chi connectivity index (χ2v) is 4.01. The zero-order chi connectivity index (χ0) is 10.6. The maximum Gasteiger partial charge on any atom is 0.303 e. The van der Waals surface area contributed by atoms with Crippen LogP contribution in [0, 0.1) is 0 Å². The molecule has 0 saturated heterocycles. The molecule has 0 saturated carbocycles. The molecule has 0 aromatic heterocycles. The standard InChI is InChI=1S/C9H11O4P.Zn/c10-9(11)6-5-7-3-1-2-4-8(7)14(12)13;/h1-4,14H,5-6H2,(H,10,11)(H,12,13);. The van der Waals surface area contributed by atoms with Crippen molar-refractivity contribution in [3.63, 3.8) is 0 Å². The Balaban J connectivity index is 0.00000196. The van der Waals surface area contributed by atoms with Gasteiger partial charge >= 0.3 is 5.97 Å². The first-order valence-corrected chi connectivity index (χ1v) is 5.50. The summed E-state index contributed by atoms with van der Waals surface area (Å²) in [7, 11) is -2.73. The second kappa shape index (κ2) is 6.89. The van der Waals surface area contributed by atoms with Gasteiger partial charge in [-0.05, 0) is 18.1 Å². The molecule has 0 spiro atoms. The Labute approximate surface area is 101 Å².